The maximum atomic E-state index is 12.4. The molecular formula is C11H21NO5S2. The fourth-order valence-electron chi connectivity index (χ4n) is 2.60. The lowest BCUT2D eigenvalue weighted by Gasteiger charge is -2.37. The first-order valence-electron chi connectivity index (χ1n) is 6.54. The molecule has 6 nitrogen and oxygen atoms in total. The Morgan fingerprint density at radius 2 is 1.63 bits per heavy atom. The summed E-state index contributed by atoms with van der Waals surface area (Å²) in [5.41, 5.74) is -0.790. The third-order valence-corrected chi connectivity index (χ3v) is 8.20. The number of aliphatic hydroxyl groups is 1. The summed E-state index contributed by atoms with van der Waals surface area (Å²) in [6, 6.07) is 0. The largest absolute Gasteiger partial charge is 0.390 e. The molecule has 2 aliphatic heterocycles. The van der Waals surface area contributed by atoms with E-state index in [1.54, 1.807) is 6.92 Å². The van der Waals surface area contributed by atoms with E-state index < -0.39 is 30.7 Å². The second kappa shape index (κ2) is 4.98. The van der Waals surface area contributed by atoms with E-state index in [2.05, 4.69) is 0 Å². The van der Waals surface area contributed by atoms with Gasteiger partial charge >= 0.3 is 0 Å². The molecule has 1 N–H and O–H groups in total. The fourth-order valence-corrected chi connectivity index (χ4v) is 6.33. The van der Waals surface area contributed by atoms with Gasteiger partial charge < -0.3 is 5.11 Å². The number of sulfonamides is 1. The van der Waals surface area contributed by atoms with Crippen LogP contribution in [0.3, 0.4) is 0 Å². The van der Waals surface area contributed by atoms with Gasteiger partial charge in [0, 0.05) is 13.1 Å². The summed E-state index contributed by atoms with van der Waals surface area (Å²) < 4.78 is 48.9. The molecule has 2 rings (SSSR count). The lowest BCUT2D eigenvalue weighted by molar-refractivity contribution is 0.0124. The molecule has 0 spiro atoms. The zero-order valence-corrected chi connectivity index (χ0v) is 12.7. The van der Waals surface area contributed by atoms with E-state index in [9.17, 15) is 21.9 Å². The van der Waals surface area contributed by atoms with Gasteiger partial charge in [0.25, 0.3) is 0 Å². The van der Waals surface area contributed by atoms with Gasteiger partial charge in [-0.3, -0.25) is 0 Å². The maximum Gasteiger partial charge on any atom is 0.217 e. The zero-order chi connectivity index (χ0) is 14.3. The molecule has 0 bridgehead atoms. The van der Waals surface area contributed by atoms with Crippen LogP contribution in [-0.4, -0.2) is 61.7 Å². The van der Waals surface area contributed by atoms with Gasteiger partial charge in [0.15, 0.2) is 0 Å². The van der Waals surface area contributed by atoms with Crippen LogP contribution in [0.2, 0.25) is 0 Å². The monoisotopic (exact) mass is 311 g/mol. The second-order valence-electron chi connectivity index (χ2n) is 5.79. The van der Waals surface area contributed by atoms with E-state index in [0.717, 1.165) is 0 Å². The van der Waals surface area contributed by atoms with Crippen molar-refractivity contribution in [3.05, 3.63) is 0 Å². The second-order valence-corrected chi connectivity index (χ2v) is 10.3. The predicted octanol–water partition coefficient (Wildman–Crippen LogP) is -0.260. The van der Waals surface area contributed by atoms with Gasteiger partial charge in [-0.05, 0) is 32.6 Å². The molecule has 0 saturated carbocycles. The first kappa shape index (κ1) is 15.2. The van der Waals surface area contributed by atoms with Crippen LogP contribution in [0, 0.1) is 0 Å². The summed E-state index contributed by atoms with van der Waals surface area (Å²) in [7, 11) is -6.48. The van der Waals surface area contributed by atoms with Crippen molar-refractivity contribution in [2.45, 2.75) is 43.5 Å². The van der Waals surface area contributed by atoms with Crippen molar-refractivity contribution in [3.8, 4) is 0 Å². The summed E-state index contributed by atoms with van der Waals surface area (Å²) in [4.78, 5) is 0. The molecule has 0 aliphatic carbocycles. The molecule has 112 valence electrons. The Kier molecular flexibility index (Phi) is 3.99. The third kappa shape index (κ3) is 3.48. The highest BCUT2D eigenvalue weighted by Crippen LogP contribution is 2.28. The van der Waals surface area contributed by atoms with Gasteiger partial charge in [-0.25, -0.2) is 21.1 Å². The van der Waals surface area contributed by atoms with Crippen LogP contribution >= 0.6 is 0 Å². The Bertz CT molecular complexity index is 513. The highest BCUT2D eigenvalue weighted by molar-refractivity contribution is 7.92. The minimum atomic E-state index is -3.43. The summed E-state index contributed by atoms with van der Waals surface area (Å²) in [5, 5.41) is 9.25. The standard InChI is InChI=1S/C11H21NO5S2/c1-11(13)4-6-12(7-5-11)19(16,17)10-2-8-18(14,15)9-3-10/h10,13H,2-9H2,1H3. The number of piperidine rings is 1. The Balaban J connectivity index is 2.04. The van der Waals surface area contributed by atoms with Gasteiger partial charge in [0.2, 0.25) is 10.0 Å². The van der Waals surface area contributed by atoms with Gasteiger partial charge in [-0.15, -0.1) is 0 Å². The maximum absolute atomic E-state index is 12.4. The predicted molar refractivity (Wildman–Crippen MR) is 72.0 cm³/mol. The average molecular weight is 311 g/mol. The fraction of sp³-hybridized carbons (Fsp3) is 1.00. The molecule has 2 fully saturated rings. The van der Waals surface area contributed by atoms with Crippen molar-refractivity contribution in [3.63, 3.8) is 0 Å². The summed E-state index contributed by atoms with van der Waals surface area (Å²) in [5.74, 6) is -0.0785. The zero-order valence-electron chi connectivity index (χ0n) is 11.1. The minimum absolute atomic E-state index is 0.0392. The third-order valence-electron chi connectivity index (χ3n) is 4.08. The topological polar surface area (TPSA) is 91.8 Å². The first-order chi connectivity index (χ1) is 8.62. The van der Waals surface area contributed by atoms with Crippen LogP contribution in [0.5, 0.6) is 0 Å². The van der Waals surface area contributed by atoms with E-state index in [1.807, 2.05) is 0 Å². The van der Waals surface area contributed by atoms with Crippen LogP contribution in [0.1, 0.15) is 32.6 Å². The van der Waals surface area contributed by atoms with Gasteiger partial charge in [-0.2, -0.15) is 0 Å². The number of hydrogen-bond acceptors (Lipinski definition) is 5. The lowest BCUT2D eigenvalue weighted by atomic mass is 9.95. The quantitative estimate of drug-likeness (QED) is 0.758. The van der Waals surface area contributed by atoms with Crippen LogP contribution in [-0.2, 0) is 19.9 Å². The molecule has 0 aromatic rings. The lowest BCUT2D eigenvalue weighted by Crippen LogP contribution is -2.49. The molecule has 0 amide bonds. The Hall–Kier alpha value is -0.180. The van der Waals surface area contributed by atoms with Crippen molar-refractivity contribution in [2.75, 3.05) is 24.6 Å². The Morgan fingerprint density at radius 1 is 1.16 bits per heavy atom. The minimum Gasteiger partial charge on any atom is -0.390 e. The van der Waals surface area contributed by atoms with E-state index in [4.69, 9.17) is 0 Å². The van der Waals surface area contributed by atoms with Crippen LogP contribution in [0.4, 0.5) is 0 Å². The molecule has 2 saturated heterocycles. The van der Waals surface area contributed by atoms with Crippen molar-refractivity contribution >= 4 is 19.9 Å². The van der Waals surface area contributed by atoms with E-state index in [1.165, 1.54) is 4.31 Å². The summed E-state index contributed by atoms with van der Waals surface area (Å²) in [6.07, 6.45) is 1.24. The Morgan fingerprint density at radius 3 is 2.11 bits per heavy atom. The highest BCUT2D eigenvalue weighted by atomic mass is 32.2. The molecule has 19 heavy (non-hydrogen) atoms. The molecule has 0 aromatic carbocycles. The van der Waals surface area contributed by atoms with Crippen molar-refractivity contribution < 1.29 is 21.9 Å². The van der Waals surface area contributed by atoms with Crippen molar-refractivity contribution in [2.24, 2.45) is 0 Å². The highest BCUT2D eigenvalue weighted by Gasteiger charge is 2.39. The van der Waals surface area contributed by atoms with Crippen molar-refractivity contribution in [1.29, 1.82) is 0 Å². The van der Waals surface area contributed by atoms with E-state index in [0.29, 0.717) is 25.9 Å². The number of rotatable bonds is 2. The molecular weight excluding hydrogens is 290 g/mol. The SMILES string of the molecule is CC1(O)CCN(S(=O)(=O)C2CCS(=O)(=O)CC2)CC1. The van der Waals surface area contributed by atoms with Gasteiger partial charge in [0.1, 0.15) is 9.84 Å². The van der Waals surface area contributed by atoms with E-state index in [-0.39, 0.29) is 24.3 Å². The normalized spacial score (nSPS) is 29.2. The molecule has 2 aliphatic rings. The molecule has 8 heteroatoms. The van der Waals surface area contributed by atoms with Crippen LogP contribution in [0.25, 0.3) is 0 Å². The van der Waals surface area contributed by atoms with Gasteiger partial charge in [-0.1, -0.05) is 0 Å². The van der Waals surface area contributed by atoms with Crippen LogP contribution in [0.15, 0.2) is 0 Å². The molecule has 0 aromatic heterocycles. The number of sulfone groups is 1. The molecule has 0 radical (unpaired) electrons. The Labute approximate surface area is 114 Å². The number of nitrogens with zero attached hydrogens (tertiary/aromatic N) is 1. The van der Waals surface area contributed by atoms with E-state index >= 15 is 0 Å². The van der Waals surface area contributed by atoms with Gasteiger partial charge in [0.05, 0.1) is 22.4 Å². The van der Waals surface area contributed by atoms with Crippen LogP contribution < -0.4 is 0 Å². The number of hydrogen-bond donors (Lipinski definition) is 1. The molecule has 0 unspecified atom stereocenters. The first-order valence-corrected chi connectivity index (χ1v) is 9.87. The molecule has 2 heterocycles. The smallest absolute Gasteiger partial charge is 0.217 e. The van der Waals surface area contributed by atoms with Crippen molar-refractivity contribution in [1.82, 2.24) is 4.31 Å². The molecule has 0 atom stereocenters. The average Bonchev–Trinajstić information content (AvgIpc) is 2.27. The summed E-state index contributed by atoms with van der Waals surface area (Å²) in [6.45, 7) is 2.35. The summed E-state index contributed by atoms with van der Waals surface area (Å²) >= 11 is 0.